The Morgan fingerprint density at radius 2 is 2.00 bits per heavy atom. The lowest BCUT2D eigenvalue weighted by Gasteiger charge is -2.14. The number of ether oxygens (including phenoxy) is 1. The van der Waals surface area contributed by atoms with Crippen LogP contribution in [0.15, 0.2) is 47.1 Å². The van der Waals surface area contributed by atoms with Crippen LogP contribution in [-0.4, -0.2) is 19.2 Å². The number of rotatable bonds is 7. The lowest BCUT2D eigenvalue weighted by molar-refractivity contribution is 0.235. The highest BCUT2D eigenvalue weighted by Gasteiger charge is 2.07. The minimum absolute atomic E-state index is 0.239. The van der Waals surface area contributed by atoms with Gasteiger partial charge in [-0.15, -0.1) is 0 Å². The molecule has 0 spiro atoms. The molecular formula is C17H22N2O3. The Bertz CT molecular complexity index is 579. The monoisotopic (exact) mass is 302 g/mol. The summed E-state index contributed by atoms with van der Waals surface area (Å²) in [5, 5.41) is 5.46. The fraction of sp³-hybridized carbons (Fsp3) is 0.353. The summed E-state index contributed by atoms with van der Waals surface area (Å²) in [4.78, 5) is 11.6. The summed E-state index contributed by atoms with van der Waals surface area (Å²) < 4.78 is 10.9. The Balaban J connectivity index is 1.67. The average Bonchev–Trinajstić information content (AvgIpc) is 3.03. The molecule has 0 bridgehead atoms. The molecule has 0 atom stereocenters. The highest BCUT2D eigenvalue weighted by molar-refractivity contribution is 5.73. The standard InChI is InChI=1S/C17H22N2O3/c1-13(2)15-7-3-4-8-16(15)22-11-9-18-17(20)19-12-14-6-5-10-21-14/h3-8,10,13H,9,11-12H2,1-2H3,(H2,18,19,20). The number of amides is 2. The third kappa shape index (κ3) is 4.84. The van der Waals surface area contributed by atoms with Crippen LogP contribution in [0.3, 0.4) is 0 Å². The van der Waals surface area contributed by atoms with E-state index in [1.54, 1.807) is 12.3 Å². The van der Waals surface area contributed by atoms with Crippen molar-refractivity contribution in [1.82, 2.24) is 10.6 Å². The van der Waals surface area contributed by atoms with Crippen LogP contribution in [0, 0.1) is 0 Å². The molecule has 118 valence electrons. The van der Waals surface area contributed by atoms with Crippen LogP contribution in [0.4, 0.5) is 4.79 Å². The number of nitrogens with one attached hydrogen (secondary N) is 2. The molecule has 0 saturated heterocycles. The molecule has 2 aromatic rings. The Labute approximate surface area is 130 Å². The minimum Gasteiger partial charge on any atom is -0.491 e. The molecule has 1 heterocycles. The van der Waals surface area contributed by atoms with E-state index in [-0.39, 0.29) is 6.03 Å². The second kappa shape index (κ2) is 8.12. The summed E-state index contributed by atoms with van der Waals surface area (Å²) in [6, 6.07) is 11.3. The van der Waals surface area contributed by atoms with Gasteiger partial charge in [-0.25, -0.2) is 4.79 Å². The number of para-hydroxylation sites is 1. The Kier molecular flexibility index (Phi) is 5.89. The van der Waals surface area contributed by atoms with Crippen LogP contribution < -0.4 is 15.4 Å². The van der Waals surface area contributed by atoms with E-state index in [0.29, 0.717) is 25.6 Å². The Morgan fingerprint density at radius 1 is 1.18 bits per heavy atom. The van der Waals surface area contributed by atoms with Gasteiger partial charge in [-0.05, 0) is 29.7 Å². The van der Waals surface area contributed by atoms with Crippen LogP contribution >= 0.6 is 0 Å². The van der Waals surface area contributed by atoms with Crippen molar-refractivity contribution in [2.75, 3.05) is 13.2 Å². The zero-order valence-electron chi connectivity index (χ0n) is 13.0. The zero-order valence-corrected chi connectivity index (χ0v) is 13.0. The Morgan fingerprint density at radius 3 is 2.73 bits per heavy atom. The first-order chi connectivity index (χ1) is 10.7. The summed E-state index contributed by atoms with van der Waals surface area (Å²) in [6.45, 7) is 5.50. The van der Waals surface area contributed by atoms with Gasteiger partial charge >= 0.3 is 6.03 Å². The van der Waals surface area contributed by atoms with Gasteiger partial charge in [0.15, 0.2) is 0 Å². The molecule has 22 heavy (non-hydrogen) atoms. The molecule has 0 unspecified atom stereocenters. The molecule has 0 aliphatic heterocycles. The van der Waals surface area contributed by atoms with E-state index in [1.807, 2.05) is 24.3 Å². The van der Waals surface area contributed by atoms with Gasteiger partial charge < -0.3 is 19.8 Å². The van der Waals surface area contributed by atoms with Crippen molar-refractivity contribution in [3.63, 3.8) is 0 Å². The number of benzene rings is 1. The topological polar surface area (TPSA) is 63.5 Å². The van der Waals surface area contributed by atoms with Gasteiger partial charge in [0, 0.05) is 0 Å². The molecule has 2 amide bonds. The van der Waals surface area contributed by atoms with E-state index in [2.05, 4.69) is 30.5 Å². The van der Waals surface area contributed by atoms with E-state index in [4.69, 9.17) is 9.15 Å². The molecule has 0 aliphatic carbocycles. The third-order valence-electron chi connectivity index (χ3n) is 3.19. The average molecular weight is 302 g/mol. The lowest BCUT2D eigenvalue weighted by Crippen LogP contribution is -2.37. The molecule has 2 rings (SSSR count). The number of carbonyl (C=O) groups is 1. The van der Waals surface area contributed by atoms with E-state index in [9.17, 15) is 4.79 Å². The molecular weight excluding hydrogens is 280 g/mol. The van der Waals surface area contributed by atoms with E-state index < -0.39 is 0 Å². The van der Waals surface area contributed by atoms with Gasteiger partial charge in [0.2, 0.25) is 0 Å². The summed E-state index contributed by atoms with van der Waals surface area (Å²) in [5.74, 6) is 1.99. The van der Waals surface area contributed by atoms with Crippen molar-refractivity contribution in [3.8, 4) is 5.75 Å². The van der Waals surface area contributed by atoms with Crippen LogP contribution in [0.2, 0.25) is 0 Å². The maximum atomic E-state index is 11.6. The highest BCUT2D eigenvalue weighted by Crippen LogP contribution is 2.25. The molecule has 1 aromatic heterocycles. The van der Waals surface area contributed by atoms with Crippen molar-refractivity contribution in [3.05, 3.63) is 54.0 Å². The van der Waals surface area contributed by atoms with Crippen LogP contribution in [-0.2, 0) is 6.54 Å². The molecule has 0 radical (unpaired) electrons. The second-order valence-electron chi connectivity index (χ2n) is 5.23. The van der Waals surface area contributed by atoms with Crippen LogP contribution in [0.25, 0.3) is 0 Å². The maximum absolute atomic E-state index is 11.6. The molecule has 0 saturated carbocycles. The van der Waals surface area contributed by atoms with Gasteiger partial charge in [-0.1, -0.05) is 32.0 Å². The maximum Gasteiger partial charge on any atom is 0.315 e. The summed E-state index contributed by atoms with van der Waals surface area (Å²) >= 11 is 0. The smallest absolute Gasteiger partial charge is 0.315 e. The lowest BCUT2D eigenvalue weighted by atomic mass is 10.0. The normalized spacial score (nSPS) is 10.5. The first-order valence-corrected chi connectivity index (χ1v) is 7.42. The predicted octanol–water partition coefficient (Wildman–Crippen LogP) is 3.28. The van der Waals surface area contributed by atoms with Gasteiger partial charge in [-0.3, -0.25) is 0 Å². The van der Waals surface area contributed by atoms with Gasteiger partial charge in [-0.2, -0.15) is 0 Å². The first-order valence-electron chi connectivity index (χ1n) is 7.42. The number of urea groups is 1. The van der Waals surface area contributed by atoms with Crippen LogP contribution in [0.5, 0.6) is 5.75 Å². The van der Waals surface area contributed by atoms with Gasteiger partial charge in [0.25, 0.3) is 0 Å². The molecule has 5 nitrogen and oxygen atoms in total. The molecule has 0 aliphatic rings. The molecule has 2 N–H and O–H groups in total. The summed E-state index contributed by atoms with van der Waals surface area (Å²) in [7, 11) is 0. The molecule has 0 fully saturated rings. The van der Waals surface area contributed by atoms with E-state index >= 15 is 0 Å². The van der Waals surface area contributed by atoms with E-state index in [1.165, 1.54) is 5.56 Å². The fourth-order valence-corrected chi connectivity index (χ4v) is 2.06. The second-order valence-corrected chi connectivity index (χ2v) is 5.23. The minimum atomic E-state index is -0.239. The van der Waals surface area contributed by atoms with Crippen molar-refractivity contribution in [1.29, 1.82) is 0 Å². The number of furan rings is 1. The van der Waals surface area contributed by atoms with Crippen molar-refractivity contribution < 1.29 is 13.9 Å². The third-order valence-corrected chi connectivity index (χ3v) is 3.19. The van der Waals surface area contributed by atoms with Crippen LogP contribution in [0.1, 0.15) is 31.1 Å². The number of hydrogen-bond donors (Lipinski definition) is 2. The molecule has 5 heteroatoms. The fourth-order valence-electron chi connectivity index (χ4n) is 2.06. The highest BCUT2D eigenvalue weighted by atomic mass is 16.5. The number of hydrogen-bond acceptors (Lipinski definition) is 3. The quantitative estimate of drug-likeness (QED) is 0.771. The largest absolute Gasteiger partial charge is 0.491 e. The summed E-state index contributed by atoms with van der Waals surface area (Å²) in [5.41, 5.74) is 1.17. The first kappa shape index (κ1) is 15.9. The number of carbonyl (C=O) groups excluding carboxylic acids is 1. The zero-order chi connectivity index (χ0) is 15.8. The van der Waals surface area contributed by atoms with E-state index in [0.717, 1.165) is 11.5 Å². The van der Waals surface area contributed by atoms with Gasteiger partial charge in [0.1, 0.15) is 18.1 Å². The van der Waals surface area contributed by atoms with Crippen molar-refractivity contribution in [2.45, 2.75) is 26.3 Å². The van der Waals surface area contributed by atoms with Gasteiger partial charge in [0.05, 0.1) is 19.4 Å². The SMILES string of the molecule is CC(C)c1ccccc1OCCNC(=O)NCc1ccco1. The predicted molar refractivity (Wildman–Crippen MR) is 85.0 cm³/mol. The Hall–Kier alpha value is -2.43. The summed E-state index contributed by atoms with van der Waals surface area (Å²) in [6.07, 6.45) is 1.58. The van der Waals surface area contributed by atoms with Crippen molar-refractivity contribution >= 4 is 6.03 Å². The van der Waals surface area contributed by atoms with Crippen molar-refractivity contribution in [2.24, 2.45) is 0 Å². The molecule has 1 aromatic carbocycles.